The molecule has 0 radical (unpaired) electrons. The van der Waals surface area contributed by atoms with Gasteiger partial charge in [-0.2, -0.15) is 5.26 Å². The van der Waals surface area contributed by atoms with Crippen LogP contribution in [-0.2, 0) is 13.0 Å². The molecule has 45 heavy (non-hydrogen) atoms. The molecule has 222 valence electrons. The Morgan fingerprint density at radius 1 is 1.00 bits per heavy atom. The molecule has 4 aromatic carbocycles. The first-order valence-electron chi connectivity index (χ1n) is 14.8. The average molecular weight is 630 g/mol. The van der Waals surface area contributed by atoms with Crippen LogP contribution in [0.2, 0.25) is 5.02 Å². The van der Waals surface area contributed by atoms with Crippen molar-refractivity contribution in [2.45, 2.75) is 32.4 Å². The maximum absolute atomic E-state index is 14.2. The highest BCUT2D eigenvalue weighted by atomic mass is 35.5. The molecule has 1 aliphatic carbocycles. The Balaban J connectivity index is 1.31. The minimum atomic E-state index is -0.341. The molecule has 1 aliphatic heterocycles. The van der Waals surface area contributed by atoms with Crippen LogP contribution in [0.15, 0.2) is 106 Å². The SMILES string of the molecule is CCOc1cc(/C=c2\sc3n(c2=O)[C@H](c2ccccc2Cl)C2=C(N=3)c3ccccc3CC2)ccc1OCc1ccccc1C#N. The van der Waals surface area contributed by atoms with Gasteiger partial charge in [-0.15, -0.1) is 0 Å². The molecular weight excluding hydrogens is 602 g/mol. The highest BCUT2D eigenvalue weighted by molar-refractivity contribution is 7.07. The maximum Gasteiger partial charge on any atom is 0.271 e. The molecule has 0 amide bonds. The van der Waals surface area contributed by atoms with Gasteiger partial charge in [0.15, 0.2) is 16.3 Å². The molecular formula is C37H28ClN3O3S. The predicted molar refractivity (Wildman–Crippen MR) is 177 cm³/mol. The molecule has 5 aromatic rings. The number of fused-ring (bicyclic) bond motifs is 3. The number of halogens is 1. The zero-order valence-corrected chi connectivity index (χ0v) is 26.1. The summed E-state index contributed by atoms with van der Waals surface area (Å²) < 4.78 is 14.4. The lowest BCUT2D eigenvalue weighted by Crippen LogP contribution is -2.38. The lowest BCUT2D eigenvalue weighted by molar-refractivity contribution is 0.269. The molecule has 8 heteroatoms. The first-order chi connectivity index (χ1) is 22.1. The van der Waals surface area contributed by atoms with E-state index in [1.165, 1.54) is 16.9 Å². The van der Waals surface area contributed by atoms with E-state index in [2.05, 4.69) is 24.3 Å². The number of aromatic nitrogens is 1. The second-order valence-electron chi connectivity index (χ2n) is 10.8. The summed E-state index contributed by atoms with van der Waals surface area (Å²) in [6.07, 6.45) is 3.56. The van der Waals surface area contributed by atoms with Crippen molar-refractivity contribution in [1.82, 2.24) is 4.57 Å². The minimum Gasteiger partial charge on any atom is -0.490 e. The van der Waals surface area contributed by atoms with Crippen LogP contribution in [0, 0.1) is 11.3 Å². The van der Waals surface area contributed by atoms with E-state index < -0.39 is 0 Å². The molecule has 1 atom stereocenters. The van der Waals surface area contributed by atoms with E-state index in [1.54, 1.807) is 10.6 Å². The third-order valence-electron chi connectivity index (χ3n) is 8.16. The van der Waals surface area contributed by atoms with E-state index in [-0.39, 0.29) is 18.2 Å². The molecule has 0 spiro atoms. The number of nitriles is 1. The van der Waals surface area contributed by atoms with E-state index >= 15 is 0 Å². The van der Waals surface area contributed by atoms with Crippen molar-refractivity contribution < 1.29 is 9.47 Å². The molecule has 0 bridgehead atoms. The van der Waals surface area contributed by atoms with Gasteiger partial charge in [0.05, 0.1) is 34.5 Å². The quantitative estimate of drug-likeness (QED) is 0.198. The Labute approximate surface area is 269 Å². The molecule has 0 saturated heterocycles. The van der Waals surface area contributed by atoms with Gasteiger partial charge in [-0.1, -0.05) is 89.7 Å². The molecule has 0 N–H and O–H groups in total. The van der Waals surface area contributed by atoms with Crippen molar-refractivity contribution in [2.75, 3.05) is 6.61 Å². The smallest absolute Gasteiger partial charge is 0.271 e. The molecule has 2 heterocycles. The number of benzene rings is 4. The second-order valence-corrected chi connectivity index (χ2v) is 12.2. The summed E-state index contributed by atoms with van der Waals surface area (Å²) in [7, 11) is 0. The minimum absolute atomic E-state index is 0.111. The average Bonchev–Trinajstić information content (AvgIpc) is 3.37. The van der Waals surface area contributed by atoms with Crippen LogP contribution in [0.1, 0.15) is 52.8 Å². The Morgan fingerprint density at radius 3 is 2.64 bits per heavy atom. The third kappa shape index (κ3) is 5.37. The van der Waals surface area contributed by atoms with Gasteiger partial charge in [0.25, 0.3) is 5.56 Å². The van der Waals surface area contributed by atoms with Crippen molar-refractivity contribution in [2.24, 2.45) is 4.99 Å². The topological polar surface area (TPSA) is 76.6 Å². The number of hydrogen-bond acceptors (Lipinski definition) is 6. The molecule has 0 fully saturated rings. The molecule has 2 aliphatic rings. The molecule has 1 aromatic heterocycles. The van der Waals surface area contributed by atoms with Gasteiger partial charge in [-0.05, 0) is 72.4 Å². The summed E-state index contributed by atoms with van der Waals surface area (Å²) in [4.78, 5) is 19.9. The van der Waals surface area contributed by atoms with E-state index in [0.717, 1.165) is 46.4 Å². The van der Waals surface area contributed by atoms with Gasteiger partial charge in [0, 0.05) is 16.1 Å². The second kappa shape index (κ2) is 12.2. The number of allylic oxidation sites excluding steroid dienone is 1. The number of nitrogens with zero attached hydrogens (tertiary/aromatic N) is 3. The zero-order chi connectivity index (χ0) is 30.9. The Kier molecular flexibility index (Phi) is 7.85. The van der Waals surface area contributed by atoms with Crippen LogP contribution in [0.25, 0.3) is 11.8 Å². The van der Waals surface area contributed by atoms with Crippen molar-refractivity contribution in [3.8, 4) is 17.6 Å². The maximum atomic E-state index is 14.2. The van der Waals surface area contributed by atoms with E-state index in [1.807, 2.05) is 79.7 Å². The summed E-state index contributed by atoms with van der Waals surface area (Å²) in [5.41, 5.74) is 7.38. The van der Waals surface area contributed by atoms with Crippen molar-refractivity contribution >= 4 is 34.7 Å². The third-order valence-corrected chi connectivity index (χ3v) is 9.49. The Hall–Kier alpha value is -4.90. The molecule has 0 unspecified atom stereocenters. The monoisotopic (exact) mass is 629 g/mol. The highest BCUT2D eigenvalue weighted by Crippen LogP contribution is 2.42. The fraction of sp³-hybridized carbons (Fsp3) is 0.162. The van der Waals surface area contributed by atoms with Crippen molar-refractivity contribution in [3.05, 3.63) is 155 Å². The van der Waals surface area contributed by atoms with E-state index in [4.69, 9.17) is 26.1 Å². The molecule has 6 nitrogen and oxygen atoms in total. The van der Waals surface area contributed by atoms with Gasteiger partial charge in [0.1, 0.15) is 6.61 Å². The predicted octanol–water partition coefficient (Wildman–Crippen LogP) is 6.82. The number of rotatable bonds is 7. The highest BCUT2D eigenvalue weighted by Gasteiger charge is 2.33. The standard InChI is InChI=1S/C37H28ClN3O3S/c1-2-43-32-19-23(15-18-31(32)44-22-26-11-4-3-10-25(26)21-39)20-33-36(42)41-35(28-13-7-8-14-30(28)38)29-17-16-24-9-5-6-12-27(24)34(29)40-37(41)45-33/h3-15,18-20,35H,2,16-17,22H2,1H3/b33-20-/t35-/m1/s1. The van der Waals surface area contributed by atoms with Crippen LogP contribution in [0.5, 0.6) is 11.5 Å². The summed E-state index contributed by atoms with van der Waals surface area (Å²) in [5.74, 6) is 1.13. The fourth-order valence-electron chi connectivity index (χ4n) is 6.06. The van der Waals surface area contributed by atoms with Gasteiger partial charge in [-0.25, -0.2) is 4.99 Å². The number of ether oxygens (including phenoxy) is 2. The van der Waals surface area contributed by atoms with Gasteiger partial charge >= 0.3 is 0 Å². The number of aryl methyl sites for hydroxylation is 1. The summed E-state index contributed by atoms with van der Waals surface area (Å²) in [6, 6.07) is 31.0. The lowest BCUT2D eigenvalue weighted by atomic mass is 9.83. The number of thiazole rings is 1. The van der Waals surface area contributed by atoms with Gasteiger partial charge in [0.2, 0.25) is 0 Å². The van der Waals surface area contributed by atoms with E-state index in [0.29, 0.717) is 38.0 Å². The van der Waals surface area contributed by atoms with Crippen LogP contribution in [0.3, 0.4) is 0 Å². The summed E-state index contributed by atoms with van der Waals surface area (Å²) in [5, 5.41) is 10.1. The number of hydrogen-bond donors (Lipinski definition) is 0. The van der Waals surface area contributed by atoms with Gasteiger partial charge in [-0.3, -0.25) is 9.36 Å². The fourth-order valence-corrected chi connectivity index (χ4v) is 7.30. The van der Waals surface area contributed by atoms with E-state index in [9.17, 15) is 10.1 Å². The summed E-state index contributed by atoms with van der Waals surface area (Å²) >= 11 is 8.15. The first kappa shape index (κ1) is 28.8. The normalized spacial score (nSPS) is 15.4. The lowest BCUT2D eigenvalue weighted by Gasteiger charge is -2.31. The zero-order valence-electron chi connectivity index (χ0n) is 24.5. The largest absolute Gasteiger partial charge is 0.490 e. The van der Waals surface area contributed by atoms with Gasteiger partial charge < -0.3 is 9.47 Å². The Bertz CT molecular complexity index is 2210. The van der Waals surface area contributed by atoms with Crippen molar-refractivity contribution in [3.63, 3.8) is 0 Å². The van der Waals surface area contributed by atoms with Crippen LogP contribution in [0.4, 0.5) is 0 Å². The van der Waals surface area contributed by atoms with Crippen molar-refractivity contribution in [1.29, 1.82) is 5.26 Å². The summed E-state index contributed by atoms with van der Waals surface area (Å²) in [6.45, 7) is 2.59. The Morgan fingerprint density at radius 2 is 1.80 bits per heavy atom. The molecule has 0 saturated carbocycles. The van der Waals surface area contributed by atoms with Crippen LogP contribution in [-0.4, -0.2) is 11.2 Å². The van der Waals surface area contributed by atoms with Crippen LogP contribution >= 0.6 is 22.9 Å². The first-order valence-corrected chi connectivity index (χ1v) is 16.0. The van der Waals surface area contributed by atoms with Crippen LogP contribution < -0.4 is 24.4 Å². The molecule has 7 rings (SSSR count).